The van der Waals surface area contributed by atoms with Gasteiger partial charge in [-0.1, -0.05) is 6.42 Å². The van der Waals surface area contributed by atoms with E-state index in [1.807, 2.05) is 23.1 Å². The Morgan fingerprint density at radius 1 is 1.38 bits per heavy atom. The SMILES string of the molecule is CSCCCCCNC(C)c1ccc(Br)s1. The van der Waals surface area contributed by atoms with Gasteiger partial charge in [0.05, 0.1) is 3.79 Å². The molecule has 0 bridgehead atoms. The molecule has 1 heterocycles. The fourth-order valence-corrected chi connectivity index (χ4v) is 3.47. The Hall–Kier alpha value is 0.490. The first kappa shape index (κ1) is 14.6. The molecule has 0 aliphatic heterocycles. The number of unbranched alkanes of at least 4 members (excludes halogenated alkanes) is 2. The Labute approximate surface area is 116 Å². The van der Waals surface area contributed by atoms with E-state index in [9.17, 15) is 0 Å². The molecule has 0 fully saturated rings. The van der Waals surface area contributed by atoms with Crippen molar-refractivity contribution in [1.82, 2.24) is 5.32 Å². The molecule has 0 aromatic carbocycles. The maximum atomic E-state index is 3.57. The van der Waals surface area contributed by atoms with Crippen LogP contribution in [0.15, 0.2) is 15.9 Å². The number of thioether (sulfide) groups is 1. The van der Waals surface area contributed by atoms with Gasteiger partial charge in [0.15, 0.2) is 0 Å². The number of hydrogen-bond acceptors (Lipinski definition) is 3. The van der Waals surface area contributed by atoms with Gasteiger partial charge in [0.2, 0.25) is 0 Å². The van der Waals surface area contributed by atoms with E-state index in [1.54, 1.807) is 0 Å². The van der Waals surface area contributed by atoms with E-state index in [2.05, 4.69) is 46.6 Å². The first-order chi connectivity index (χ1) is 7.74. The quantitative estimate of drug-likeness (QED) is 0.697. The predicted octanol–water partition coefficient (Wildman–Crippen LogP) is 4.69. The van der Waals surface area contributed by atoms with Crippen LogP contribution in [-0.4, -0.2) is 18.6 Å². The Kier molecular flexibility index (Phi) is 7.79. The van der Waals surface area contributed by atoms with Crippen LogP contribution in [0, 0.1) is 0 Å². The van der Waals surface area contributed by atoms with Crippen LogP contribution in [0.3, 0.4) is 0 Å². The Balaban J connectivity index is 2.09. The van der Waals surface area contributed by atoms with E-state index in [-0.39, 0.29) is 0 Å². The summed E-state index contributed by atoms with van der Waals surface area (Å²) in [5.74, 6) is 1.30. The smallest absolute Gasteiger partial charge is 0.0701 e. The molecule has 0 radical (unpaired) electrons. The zero-order valence-corrected chi connectivity index (χ0v) is 13.2. The molecule has 1 unspecified atom stereocenters. The van der Waals surface area contributed by atoms with E-state index in [0.717, 1.165) is 6.54 Å². The average molecular weight is 322 g/mol. The molecule has 0 aliphatic rings. The minimum atomic E-state index is 0.483. The summed E-state index contributed by atoms with van der Waals surface area (Å²) < 4.78 is 1.22. The fourth-order valence-electron chi connectivity index (χ4n) is 1.53. The van der Waals surface area contributed by atoms with Crippen molar-refractivity contribution >= 4 is 39.0 Å². The molecule has 16 heavy (non-hydrogen) atoms. The van der Waals surface area contributed by atoms with E-state index < -0.39 is 0 Å². The van der Waals surface area contributed by atoms with Gasteiger partial charge in [0.25, 0.3) is 0 Å². The summed E-state index contributed by atoms with van der Waals surface area (Å²) in [4.78, 5) is 1.41. The summed E-state index contributed by atoms with van der Waals surface area (Å²) in [6.07, 6.45) is 6.16. The molecule has 1 aromatic rings. The second-order valence-electron chi connectivity index (χ2n) is 3.87. The maximum Gasteiger partial charge on any atom is 0.0701 e. The number of thiophene rings is 1. The molecule has 0 saturated carbocycles. The second-order valence-corrected chi connectivity index (χ2v) is 7.35. The summed E-state index contributed by atoms with van der Waals surface area (Å²) in [5, 5.41) is 3.57. The molecule has 1 nitrogen and oxygen atoms in total. The van der Waals surface area contributed by atoms with E-state index >= 15 is 0 Å². The van der Waals surface area contributed by atoms with E-state index in [1.165, 1.54) is 33.7 Å². The highest BCUT2D eigenvalue weighted by atomic mass is 79.9. The van der Waals surface area contributed by atoms with Crippen molar-refractivity contribution in [3.05, 3.63) is 20.8 Å². The first-order valence-electron chi connectivity index (χ1n) is 5.71. The lowest BCUT2D eigenvalue weighted by molar-refractivity contribution is 0.550. The van der Waals surface area contributed by atoms with E-state index in [4.69, 9.17) is 0 Å². The van der Waals surface area contributed by atoms with Crippen LogP contribution < -0.4 is 5.32 Å². The third-order valence-corrected chi connectivity index (χ3v) is 5.00. The van der Waals surface area contributed by atoms with Crippen LogP contribution in [0.4, 0.5) is 0 Å². The Morgan fingerprint density at radius 2 is 2.19 bits per heavy atom. The van der Waals surface area contributed by atoms with Crippen molar-refractivity contribution in [2.75, 3.05) is 18.6 Å². The van der Waals surface area contributed by atoms with Crippen molar-refractivity contribution in [2.45, 2.75) is 32.2 Å². The number of rotatable bonds is 8. The molecule has 4 heteroatoms. The lowest BCUT2D eigenvalue weighted by Gasteiger charge is -2.11. The van der Waals surface area contributed by atoms with Gasteiger partial charge in [-0.2, -0.15) is 11.8 Å². The summed E-state index contributed by atoms with van der Waals surface area (Å²) in [7, 11) is 0. The summed E-state index contributed by atoms with van der Waals surface area (Å²) in [6.45, 7) is 3.37. The molecule has 1 rings (SSSR count). The number of halogens is 1. The van der Waals surface area contributed by atoms with Crippen LogP contribution in [0.5, 0.6) is 0 Å². The van der Waals surface area contributed by atoms with E-state index in [0.29, 0.717) is 6.04 Å². The van der Waals surface area contributed by atoms with Gasteiger partial charge in [0, 0.05) is 10.9 Å². The highest BCUT2D eigenvalue weighted by molar-refractivity contribution is 9.11. The van der Waals surface area contributed by atoms with Gasteiger partial charge in [-0.15, -0.1) is 11.3 Å². The van der Waals surface area contributed by atoms with Gasteiger partial charge >= 0.3 is 0 Å². The van der Waals surface area contributed by atoms with Crippen molar-refractivity contribution in [1.29, 1.82) is 0 Å². The Bertz CT molecular complexity index is 288. The summed E-state index contributed by atoms with van der Waals surface area (Å²) in [6, 6.07) is 4.80. The lowest BCUT2D eigenvalue weighted by atomic mass is 10.2. The zero-order valence-electron chi connectivity index (χ0n) is 9.96. The van der Waals surface area contributed by atoms with Gasteiger partial charge < -0.3 is 5.32 Å². The second kappa shape index (κ2) is 8.56. The molecular weight excluding hydrogens is 302 g/mol. The molecule has 92 valence electrons. The first-order valence-corrected chi connectivity index (χ1v) is 8.72. The molecule has 1 aromatic heterocycles. The molecule has 0 aliphatic carbocycles. The van der Waals surface area contributed by atoms with Gasteiger partial charge in [-0.05, 0) is 66.4 Å². The third-order valence-electron chi connectivity index (χ3n) is 2.50. The molecule has 0 spiro atoms. The number of nitrogens with one attached hydrogen (secondary N) is 1. The largest absolute Gasteiger partial charge is 0.309 e. The van der Waals surface area contributed by atoms with Crippen molar-refractivity contribution in [3.63, 3.8) is 0 Å². The maximum absolute atomic E-state index is 3.57. The highest BCUT2D eigenvalue weighted by Crippen LogP contribution is 2.26. The van der Waals surface area contributed by atoms with Gasteiger partial charge in [-0.25, -0.2) is 0 Å². The molecular formula is C12H20BrNS2. The zero-order chi connectivity index (χ0) is 11.8. The Morgan fingerprint density at radius 3 is 2.81 bits per heavy atom. The van der Waals surface area contributed by atoms with Crippen molar-refractivity contribution < 1.29 is 0 Å². The summed E-state index contributed by atoms with van der Waals surface area (Å²) in [5.41, 5.74) is 0. The van der Waals surface area contributed by atoms with Crippen LogP contribution >= 0.6 is 39.0 Å². The molecule has 1 N–H and O–H groups in total. The van der Waals surface area contributed by atoms with Crippen LogP contribution in [0.1, 0.15) is 37.1 Å². The normalized spacial score (nSPS) is 12.9. The lowest BCUT2D eigenvalue weighted by Crippen LogP contribution is -2.18. The van der Waals surface area contributed by atoms with Crippen LogP contribution in [0.2, 0.25) is 0 Å². The standard InChI is InChI=1S/C12H20BrNS2/c1-10(11-6-7-12(13)16-11)14-8-4-3-5-9-15-2/h6-7,10,14H,3-5,8-9H2,1-2H3. The van der Waals surface area contributed by atoms with Crippen LogP contribution in [0.25, 0.3) is 0 Å². The molecule has 0 saturated heterocycles. The monoisotopic (exact) mass is 321 g/mol. The number of hydrogen-bond donors (Lipinski definition) is 1. The summed E-state index contributed by atoms with van der Waals surface area (Å²) >= 11 is 7.26. The average Bonchev–Trinajstić information content (AvgIpc) is 2.70. The minimum Gasteiger partial charge on any atom is -0.309 e. The van der Waals surface area contributed by atoms with Crippen molar-refractivity contribution in [2.24, 2.45) is 0 Å². The van der Waals surface area contributed by atoms with Gasteiger partial charge in [-0.3, -0.25) is 0 Å². The topological polar surface area (TPSA) is 12.0 Å². The highest BCUT2D eigenvalue weighted by Gasteiger charge is 2.06. The van der Waals surface area contributed by atoms with Gasteiger partial charge in [0.1, 0.15) is 0 Å². The fraction of sp³-hybridized carbons (Fsp3) is 0.667. The third kappa shape index (κ3) is 5.71. The van der Waals surface area contributed by atoms with Crippen molar-refractivity contribution in [3.8, 4) is 0 Å². The predicted molar refractivity (Wildman–Crippen MR) is 80.7 cm³/mol. The van der Waals surface area contributed by atoms with Crippen LogP contribution in [-0.2, 0) is 0 Å². The molecule has 0 amide bonds. The molecule has 1 atom stereocenters. The minimum absolute atomic E-state index is 0.483.